The summed E-state index contributed by atoms with van der Waals surface area (Å²) in [5, 5.41) is 7.86. The summed E-state index contributed by atoms with van der Waals surface area (Å²) in [6.45, 7) is 2.13. The molecule has 10 heteroatoms. The number of sulfonamides is 1. The van der Waals surface area contributed by atoms with E-state index < -0.39 is 10.0 Å². The Morgan fingerprint density at radius 3 is 2.69 bits per heavy atom. The number of anilines is 1. The normalized spacial score (nSPS) is 15.3. The van der Waals surface area contributed by atoms with Crippen LogP contribution in [0.2, 0.25) is 0 Å². The van der Waals surface area contributed by atoms with E-state index in [-0.39, 0.29) is 0 Å². The van der Waals surface area contributed by atoms with Gasteiger partial charge in [0.1, 0.15) is 0 Å². The molecule has 3 aromatic rings. The summed E-state index contributed by atoms with van der Waals surface area (Å²) in [6.07, 6.45) is 1.83. The number of aromatic nitrogens is 1. The van der Waals surface area contributed by atoms with Gasteiger partial charge < -0.3 is 15.4 Å². The first-order valence-electron chi connectivity index (χ1n) is 9.08. The number of fused-ring (bicyclic) bond motifs is 1. The Morgan fingerprint density at radius 2 is 1.93 bits per heavy atom. The Balaban J connectivity index is 1.34. The molecule has 1 saturated heterocycles. The molecule has 1 aliphatic rings. The summed E-state index contributed by atoms with van der Waals surface area (Å²) in [7, 11) is -3.47. The lowest BCUT2D eigenvalue weighted by Crippen LogP contribution is -2.40. The number of rotatable bonds is 5. The van der Waals surface area contributed by atoms with Crippen molar-refractivity contribution in [2.24, 2.45) is 0 Å². The van der Waals surface area contributed by atoms with Crippen LogP contribution in [-0.2, 0) is 21.3 Å². The molecule has 0 atom stereocenters. The molecular formula is C19H20N4O3S3. The molecule has 152 valence electrons. The number of hydrogen-bond acceptors (Lipinski definition) is 6. The SMILES string of the molecule is O=S(=O)(c1ccc(CNC(=S)Nc2ccc3sncc3c2)cc1)N1CCOCC1. The first-order chi connectivity index (χ1) is 14.0. The van der Waals surface area contributed by atoms with Crippen molar-refractivity contribution in [1.29, 1.82) is 0 Å². The van der Waals surface area contributed by atoms with Gasteiger partial charge >= 0.3 is 0 Å². The molecule has 1 fully saturated rings. The zero-order valence-electron chi connectivity index (χ0n) is 15.5. The van der Waals surface area contributed by atoms with E-state index in [1.165, 1.54) is 15.8 Å². The predicted molar refractivity (Wildman–Crippen MR) is 119 cm³/mol. The zero-order valence-corrected chi connectivity index (χ0v) is 17.9. The number of thiocarbonyl (C=S) groups is 1. The summed E-state index contributed by atoms with van der Waals surface area (Å²) in [6, 6.07) is 12.8. The van der Waals surface area contributed by atoms with E-state index >= 15 is 0 Å². The lowest BCUT2D eigenvalue weighted by Gasteiger charge is -2.26. The highest BCUT2D eigenvalue weighted by atomic mass is 32.2. The van der Waals surface area contributed by atoms with Crippen molar-refractivity contribution in [2.75, 3.05) is 31.6 Å². The van der Waals surface area contributed by atoms with Crippen molar-refractivity contribution in [3.05, 3.63) is 54.2 Å². The van der Waals surface area contributed by atoms with Crippen LogP contribution in [0.25, 0.3) is 10.1 Å². The van der Waals surface area contributed by atoms with Crippen LogP contribution in [0.4, 0.5) is 5.69 Å². The van der Waals surface area contributed by atoms with E-state index in [0.29, 0.717) is 42.9 Å². The van der Waals surface area contributed by atoms with Crippen LogP contribution in [0, 0.1) is 0 Å². The average molecular weight is 449 g/mol. The van der Waals surface area contributed by atoms with Gasteiger partial charge in [0.05, 0.1) is 22.8 Å². The third-order valence-corrected chi connectivity index (χ3v) is 7.53. The van der Waals surface area contributed by atoms with Gasteiger partial charge in [-0.1, -0.05) is 12.1 Å². The van der Waals surface area contributed by atoms with E-state index in [1.54, 1.807) is 24.3 Å². The van der Waals surface area contributed by atoms with Crippen LogP contribution in [0.5, 0.6) is 0 Å². The molecule has 0 unspecified atom stereocenters. The van der Waals surface area contributed by atoms with Gasteiger partial charge in [0, 0.05) is 36.9 Å². The maximum atomic E-state index is 12.7. The second kappa shape index (κ2) is 8.72. The van der Waals surface area contributed by atoms with Crippen LogP contribution in [0.1, 0.15) is 5.56 Å². The lowest BCUT2D eigenvalue weighted by molar-refractivity contribution is 0.0730. The smallest absolute Gasteiger partial charge is 0.243 e. The predicted octanol–water partition coefficient (Wildman–Crippen LogP) is 2.80. The molecule has 0 bridgehead atoms. The van der Waals surface area contributed by atoms with Gasteiger partial charge in [-0.05, 0) is 59.6 Å². The van der Waals surface area contributed by atoms with Gasteiger partial charge in [-0.15, -0.1) is 0 Å². The summed E-state index contributed by atoms with van der Waals surface area (Å²) in [4.78, 5) is 0.293. The minimum absolute atomic E-state index is 0.293. The van der Waals surface area contributed by atoms with Gasteiger partial charge in [0.15, 0.2) is 5.11 Å². The van der Waals surface area contributed by atoms with E-state index in [1.807, 2.05) is 24.4 Å². The molecule has 0 amide bonds. The molecule has 29 heavy (non-hydrogen) atoms. The van der Waals surface area contributed by atoms with Crippen molar-refractivity contribution < 1.29 is 13.2 Å². The molecule has 2 aromatic carbocycles. The molecule has 0 aliphatic carbocycles. The zero-order chi connectivity index (χ0) is 20.3. The van der Waals surface area contributed by atoms with Crippen LogP contribution in [0.3, 0.4) is 0 Å². The Hall–Kier alpha value is -2.11. The minimum atomic E-state index is -3.47. The van der Waals surface area contributed by atoms with Crippen molar-refractivity contribution >= 4 is 54.7 Å². The lowest BCUT2D eigenvalue weighted by atomic mass is 10.2. The highest BCUT2D eigenvalue weighted by molar-refractivity contribution is 7.89. The second-order valence-electron chi connectivity index (χ2n) is 6.55. The summed E-state index contributed by atoms with van der Waals surface area (Å²) >= 11 is 6.81. The number of morpholine rings is 1. The highest BCUT2D eigenvalue weighted by Crippen LogP contribution is 2.22. The Kier molecular flexibility index (Phi) is 6.07. The van der Waals surface area contributed by atoms with Gasteiger partial charge in [-0.25, -0.2) is 8.42 Å². The first kappa shape index (κ1) is 20.2. The minimum Gasteiger partial charge on any atom is -0.379 e. The molecule has 1 aromatic heterocycles. The van der Waals surface area contributed by atoms with Gasteiger partial charge in [0.2, 0.25) is 10.0 Å². The number of benzene rings is 2. The van der Waals surface area contributed by atoms with Crippen LogP contribution < -0.4 is 10.6 Å². The molecule has 7 nitrogen and oxygen atoms in total. The second-order valence-corrected chi connectivity index (χ2v) is 9.73. The fourth-order valence-corrected chi connectivity index (χ4v) is 5.25. The van der Waals surface area contributed by atoms with Crippen molar-refractivity contribution in [1.82, 2.24) is 14.0 Å². The quantitative estimate of drug-likeness (QED) is 0.581. The van der Waals surface area contributed by atoms with Gasteiger partial charge in [-0.2, -0.15) is 8.68 Å². The van der Waals surface area contributed by atoms with E-state index in [9.17, 15) is 8.42 Å². The number of nitrogens with one attached hydrogen (secondary N) is 2. The first-order valence-corrected chi connectivity index (χ1v) is 11.7. The largest absolute Gasteiger partial charge is 0.379 e. The van der Waals surface area contributed by atoms with Gasteiger partial charge in [-0.3, -0.25) is 0 Å². The molecule has 0 spiro atoms. The van der Waals surface area contributed by atoms with Crippen LogP contribution >= 0.6 is 23.8 Å². The molecule has 0 saturated carbocycles. The monoisotopic (exact) mass is 448 g/mol. The fourth-order valence-electron chi connectivity index (χ4n) is 3.02. The molecule has 4 rings (SSSR count). The number of hydrogen-bond donors (Lipinski definition) is 2. The highest BCUT2D eigenvalue weighted by Gasteiger charge is 2.26. The average Bonchev–Trinajstić information content (AvgIpc) is 3.21. The molecule has 0 radical (unpaired) electrons. The third kappa shape index (κ3) is 4.73. The van der Waals surface area contributed by atoms with E-state index in [4.69, 9.17) is 17.0 Å². The van der Waals surface area contributed by atoms with Crippen molar-refractivity contribution in [3.8, 4) is 0 Å². The van der Waals surface area contributed by atoms with Crippen molar-refractivity contribution in [2.45, 2.75) is 11.4 Å². The number of nitrogens with zero attached hydrogens (tertiary/aromatic N) is 2. The molecular weight excluding hydrogens is 428 g/mol. The van der Waals surface area contributed by atoms with Crippen LogP contribution in [0.15, 0.2) is 53.6 Å². The molecule has 2 heterocycles. The maximum Gasteiger partial charge on any atom is 0.243 e. The molecule has 2 N–H and O–H groups in total. The summed E-state index contributed by atoms with van der Waals surface area (Å²) in [5.74, 6) is 0. The summed E-state index contributed by atoms with van der Waals surface area (Å²) in [5.41, 5.74) is 1.83. The van der Waals surface area contributed by atoms with Gasteiger partial charge in [0.25, 0.3) is 0 Å². The topological polar surface area (TPSA) is 83.6 Å². The standard InChI is InChI=1S/C19H20N4O3S3/c24-29(25,23-7-9-26-10-8-23)17-4-1-14(2-5-17)12-20-19(27)22-16-3-6-18-15(11-16)13-21-28-18/h1-6,11,13H,7-10,12H2,(H2,20,22,27). The summed E-state index contributed by atoms with van der Waals surface area (Å²) < 4.78 is 37.3. The number of ether oxygens (including phenoxy) is 1. The maximum absolute atomic E-state index is 12.7. The van der Waals surface area contributed by atoms with E-state index in [0.717, 1.165) is 21.3 Å². The fraction of sp³-hybridized carbons (Fsp3) is 0.263. The van der Waals surface area contributed by atoms with Crippen molar-refractivity contribution in [3.63, 3.8) is 0 Å². The Labute approximate surface area is 178 Å². The Morgan fingerprint density at radius 1 is 1.17 bits per heavy atom. The third-order valence-electron chi connectivity index (χ3n) is 4.59. The van der Waals surface area contributed by atoms with Crippen LogP contribution in [-0.4, -0.2) is 48.5 Å². The van der Waals surface area contributed by atoms with E-state index in [2.05, 4.69) is 15.0 Å². The molecule has 1 aliphatic heterocycles. The Bertz CT molecular complexity index is 1110.